The Morgan fingerprint density at radius 1 is 1.00 bits per heavy atom. The van der Waals surface area contributed by atoms with Gasteiger partial charge in [0.05, 0.1) is 12.6 Å². The Kier molecular flexibility index (Phi) is 3.13. The smallest absolute Gasteiger partial charge is 0.142 e. The van der Waals surface area contributed by atoms with Crippen molar-refractivity contribution < 1.29 is 4.74 Å². The lowest BCUT2D eigenvalue weighted by Gasteiger charge is -2.08. The van der Waals surface area contributed by atoms with Crippen molar-refractivity contribution in [3.05, 3.63) is 52.6 Å². The Balaban J connectivity index is 2.28. The highest BCUT2D eigenvalue weighted by molar-refractivity contribution is 6.35. The molecule has 19 heavy (non-hydrogen) atoms. The number of aromatic amines is 1. The average molecular weight is 292 g/mol. The van der Waals surface area contributed by atoms with E-state index in [1.54, 1.807) is 13.2 Å². The topological polar surface area (TPSA) is 25.0 Å². The molecule has 4 heteroatoms. The third kappa shape index (κ3) is 2.18. The van der Waals surface area contributed by atoms with Crippen molar-refractivity contribution >= 4 is 34.1 Å². The second-order valence-electron chi connectivity index (χ2n) is 4.24. The molecule has 2 nitrogen and oxygen atoms in total. The van der Waals surface area contributed by atoms with Crippen LogP contribution in [0.5, 0.6) is 5.75 Å². The summed E-state index contributed by atoms with van der Waals surface area (Å²) in [6.45, 7) is 0. The van der Waals surface area contributed by atoms with Gasteiger partial charge in [-0.3, -0.25) is 0 Å². The Bertz CT molecular complexity index is 729. The van der Waals surface area contributed by atoms with Crippen molar-refractivity contribution in [1.29, 1.82) is 0 Å². The highest BCUT2D eigenvalue weighted by Crippen LogP contribution is 2.35. The first-order valence-electron chi connectivity index (χ1n) is 5.79. The van der Waals surface area contributed by atoms with E-state index in [0.29, 0.717) is 10.0 Å². The van der Waals surface area contributed by atoms with Gasteiger partial charge in [-0.05, 0) is 47.5 Å². The zero-order chi connectivity index (χ0) is 13.4. The molecule has 0 aliphatic carbocycles. The zero-order valence-corrected chi connectivity index (χ0v) is 11.7. The molecule has 96 valence electrons. The first-order chi connectivity index (χ1) is 9.19. The maximum atomic E-state index is 6.07. The number of rotatable bonds is 2. The van der Waals surface area contributed by atoms with Crippen LogP contribution in [0.15, 0.2) is 42.6 Å². The van der Waals surface area contributed by atoms with E-state index in [2.05, 4.69) is 4.98 Å². The highest BCUT2D eigenvalue weighted by Gasteiger charge is 2.10. The van der Waals surface area contributed by atoms with E-state index in [9.17, 15) is 0 Å². The number of hydrogen-bond donors (Lipinski definition) is 1. The van der Waals surface area contributed by atoms with Gasteiger partial charge in [-0.1, -0.05) is 23.2 Å². The summed E-state index contributed by atoms with van der Waals surface area (Å²) in [6, 6.07) is 11.5. The van der Waals surface area contributed by atoms with Crippen LogP contribution in [0.4, 0.5) is 0 Å². The Labute approximate surface area is 120 Å². The number of ether oxygens (including phenoxy) is 1. The number of benzene rings is 2. The van der Waals surface area contributed by atoms with Crippen molar-refractivity contribution in [1.82, 2.24) is 4.98 Å². The first kappa shape index (κ1) is 12.4. The fourth-order valence-corrected chi connectivity index (χ4v) is 2.79. The lowest BCUT2D eigenvalue weighted by atomic mass is 10.0. The van der Waals surface area contributed by atoms with Crippen LogP contribution in [0.25, 0.3) is 22.0 Å². The molecule has 1 heterocycles. The molecule has 0 atom stereocenters. The predicted octanol–water partition coefficient (Wildman–Crippen LogP) is 5.15. The van der Waals surface area contributed by atoms with Crippen LogP contribution in [0, 0.1) is 0 Å². The molecule has 0 amide bonds. The van der Waals surface area contributed by atoms with Crippen molar-refractivity contribution in [2.45, 2.75) is 0 Å². The van der Waals surface area contributed by atoms with E-state index in [-0.39, 0.29) is 0 Å². The highest BCUT2D eigenvalue weighted by atomic mass is 35.5. The van der Waals surface area contributed by atoms with E-state index in [4.69, 9.17) is 27.9 Å². The summed E-state index contributed by atoms with van der Waals surface area (Å²) < 4.78 is 5.34. The summed E-state index contributed by atoms with van der Waals surface area (Å²) in [6.07, 6.45) is 1.89. The van der Waals surface area contributed by atoms with E-state index in [0.717, 1.165) is 27.8 Å². The third-order valence-corrected chi connectivity index (χ3v) is 3.51. The fourth-order valence-electron chi connectivity index (χ4n) is 2.26. The van der Waals surface area contributed by atoms with Gasteiger partial charge in [-0.2, -0.15) is 0 Å². The van der Waals surface area contributed by atoms with Crippen molar-refractivity contribution in [2.75, 3.05) is 7.11 Å². The number of halogens is 2. The van der Waals surface area contributed by atoms with Crippen LogP contribution in [0.3, 0.4) is 0 Å². The molecule has 2 aromatic carbocycles. The molecule has 3 rings (SSSR count). The van der Waals surface area contributed by atoms with E-state index < -0.39 is 0 Å². The van der Waals surface area contributed by atoms with Crippen LogP contribution in [-0.4, -0.2) is 12.1 Å². The predicted molar refractivity (Wildman–Crippen MR) is 80.3 cm³/mol. The van der Waals surface area contributed by atoms with Gasteiger partial charge in [0.2, 0.25) is 0 Å². The summed E-state index contributed by atoms with van der Waals surface area (Å²) in [5.74, 6) is 0.817. The summed E-state index contributed by atoms with van der Waals surface area (Å²) in [5, 5.41) is 2.33. The second-order valence-corrected chi connectivity index (χ2v) is 5.11. The van der Waals surface area contributed by atoms with Crippen molar-refractivity contribution in [3.8, 4) is 16.9 Å². The molecule has 0 bridgehead atoms. The Hall–Kier alpha value is -1.64. The summed E-state index contributed by atoms with van der Waals surface area (Å²) in [4.78, 5) is 3.19. The maximum Gasteiger partial charge on any atom is 0.142 e. The van der Waals surface area contributed by atoms with Crippen molar-refractivity contribution in [2.24, 2.45) is 0 Å². The average Bonchev–Trinajstić information content (AvgIpc) is 2.85. The van der Waals surface area contributed by atoms with Crippen LogP contribution in [-0.2, 0) is 0 Å². The van der Waals surface area contributed by atoms with Gasteiger partial charge in [0, 0.05) is 21.6 Å². The minimum absolute atomic E-state index is 0.627. The van der Waals surface area contributed by atoms with Crippen LogP contribution < -0.4 is 4.74 Å². The summed E-state index contributed by atoms with van der Waals surface area (Å²) in [5.41, 5.74) is 3.03. The lowest BCUT2D eigenvalue weighted by Crippen LogP contribution is -1.86. The normalized spacial score (nSPS) is 10.9. The van der Waals surface area contributed by atoms with Gasteiger partial charge in [0.15, 0.2) is 0 Å². The maximum absolute atomic E-state index is 6.07. The number of nitrogens with one attached hydrogen (secondary N) is 1. The minimum Gasteiger partial charge on any atom is -0.495 e. The molecular formula is C15H11Cl2NO. The molecule has 0 spiro atoms. The van der Waals surface area contributed by atoms with E-state index in [1.807, 2.05) is 36.5 Å². The van der Waals surface area contributed by atoms with Crippen LogP contribution >= 0.6 is 23.2 Å². The molecule has 0 unspecified atom stereocenters. The molecule has 3 aromatic rings. The molecule has 0 aliphatic rings. The van der Waals surface area contributed by atoms with Crippen LogP contribution in [0.2, 0.25) is 10.0 Å². The third-order valence-electron chi connectivity index (χ3n) is 3.08. The SMILES string of the molecule is COc1ccc(-c2cc(Cl)cc(Cl)c2)c2cc[nH]c12. The molecule has 0 saturated heterocycles. The molecule has 0 fully saturated rings. The lowest BCUT2D eigenvalue weighted by molar-refractivity contribution is 0.419. The first-order valence-corrected chi connectivity index (χ1v) is 6.55. The largest absolute Gasteiger partial charge is 0.495 e. The summed E-state index contributed by atoms with van der Waals surface area (Å²) in [7, 11) is 1.66. The molecule has 1 N–H and O–H groups in total. The van der Waals surface area contributed by atoms with Gasteiger partial charge in [0.25, 0.3) is 0 Å². The second kappa shape index (κ2) is 4.80. The van der Waals surface area contributed by atoms with Crippen LogP contribution in [0.1, 0.15) is 0 Å². The minimum atomic E-state index is 0.627. The van der Waals surface area contributed by atoms with Gasteiger partial charge in [-0.15, -0.1) is 0 Å². The number of hydrogen-bond acceptors (Lipinski definition) is 1. The van der Waals surface area contributed by atoms with Crippen molar-refractivity contribution in [3.63, 3.8) is 0 Å². The molecule has 1 aromatic heterocycles. The number of fused-ring (bicyclic) bond motifs is 1. The van der Waals surface area contributed by atoms with Gasteiger partial charge in [0.1, 0.15) is 5.75 Å². The van der Waals surface area contributed by atoms with E-state index in [1.165, 1.54) is 0 Å². The zero-order valence-electron chi connectivity index (χ0n) is 10.2. The monoisotopic (exact) mass is 291 g/mol. The quantitative estimate of drug-likeness (QED) is 0.694. The van der Waals surface area contributed by atoms with Gasteiger partial charge >= 0.3 is 0 Å². The number of H-pyrrole nitrogens is 1. The molecular weight excluding hydrogens is 281 g/mol. The standard InChI is InChI=1S/C15H11Cl2NO/c1-19-14-3-2-12(13-4-5-18-15(13)14)9-6-10(16)8-11(17)7-9/h2-8,18H,1H3. The summed E-state index contributed by atoms with van der Waals surface area (Å²) >= 11 is 12.1. The molecule has 0 saturated carbocycles. The molecule has 0 radical (unpaired) electrons. The number of aromatic nitrogens is 1. The van der Waals surface area contributed by atoms with Gasteiger partial charge < -0.3 is 9.72 Å². The number of methoxy groups -OCH3 is 1. The fraction of sp³-hybridized carbons (Fsp3) is 0.0667. The molecule has 0 aliphatic heterocycles. The Morgan fingerprint density at radius 3 is 2.42 bits per heavy atom. The Morgan fingerprint density at radius 2 is 1.74 bits per heavy atom. The van der Waals surface area contributed by atoms with Gasteiger partial charge in [-0.25, -0.2) is 0 Å². The van der Waals surface area contributed by atoms with E-state index >= 15 is 0 Å².